The van der Waals surface area contributed by atoms with E-state index in [2.05, 4.69) is 5.16 Å². The van der Waals surface area contributed by atoms with E-state index in [0.29, 0.717) is 11.5 Å². The number of aryl methyl sites for hydroxylation is 1. The van der Waals surface area contributed by atoms with E-state index in [9.17, 15) is 13.2 Å². The third kappa shape index (κ3) is 5.45. The largest absolute Gasteiger partial charge is 0.497 e. The van der Waals surface area contributed by atoms with Crippen molar-refractivity contribution in [2.24, 2.45) is 0 Å². The number of ether oxygens (including phenoxy) is 2. The Kier molecular flexibility index (Phi) is 6.33. The molecule has 29 heavy (non-hydrogen) atoms. The summed E-state index contributed by atoms with van der Waals surface area (Å²) in [6.07, 6.45) is -0.240. The minimum atomic E-state index is -3.54. The summed E-state index contributed by atoms with van der Waals surface area (Å²) >= 11 is 0. The first kappa shape index (κ1) is 20.6. The number of nitrogens with zero attached hydrogens (tertiary/aromatic N) is 1. The van der Waals surface area contributed by atoms with Crippen molar-refractivity contribution in [2.45, 2.75) is 24.8 Å². The van der Waals surface area contributed by atoms with Crippen molar-refractivity contribution < 1.29 is 27.2 Å². The second-order valence-corrected chi connectivity index (χ2v) is 8.56. The van der Waals surface area contributed by atoms with Gasteiger partial charge in [-0.1, -0.05) is 22.9 Å². The molecule has 0 atom stereocenters. The topological polar surface area (TPSA) is 95.7 Å². The maximum atomic E-state index is 12.3. The minimum absolute atomic E-state index is 0.118. The molecule has 1 aromatic heterocycles. The molecule has 0 radical (unpaired) electrons. The molecular weight excluding hydrogens is 394 g/mol. The van der Waals surface area contributed by atoms with Crippen molar-refractivity contribution in [3.63, 3.8) is 0 Å². The molecule has 0 fully saturated rings. The van der Waals surface area contributed by atoms with E-state index < -0.39 is 15.8 Å². The molecule has 0 aliphatic heterocycles. The van der Waals surface area contributed by atoms with Crippen molar-refractivity contribution in [2.75, 3.05) is 12.9 Å². The zero-order valence-electron chi connectivity index (χ0n) is 16.1. The number of rotatable bonds is 8. The van der Waals surface area contributed by atoms with Gasteiger partial charge in [-0.25, -0.2) is 8.42 Å². The number of hydrogen-bond donors (Lipinski definition) is 0. The van der Waals surface area contributed by atoms with Crippen LogP contribution >= 0.6 is 0 Å². The molecule has 0 spiro atoms. The molecule has 7 nitrogen and oxygen atoms in total. The highest BCUT2D eigenvalue weighted by Crippen LogP contribution is 2.22. The molecule has 0 aliphatic carbocycles. The van der Waals surface area contributed by atoms with Crippen LogP contribution in [0.1, 0.15) is 17.7 Å². The molecule has 0 saturated carbocycles. The van der Waals surface area contributed by atoms with Crippen LogP contribution < -0.4 is 4.74 Å². The average molecular weight is 415 g/mol. The van der Waals surface area contributed by atoms with E-state index in [4.69, 9.17) is 14.0 Å². The highest BCUT2D eigenvalue weighted by molar-refractivity contribution is 7.91. The van der Waals surface area contributed by atoms with Crippen LogP contribution in [0.5, 0.6) is 5.75 Å². The molecule has 3 rings (SSSR count). The summed E-state index contributed by atoms with van der Waals surface area (Å²) in [5.74, 6) is 0.156. The lowest BCUT2D eigenvalue weighted by molar-refractivity contribution is -0.145. The van der Waals surface area contributed by atoms with E-state index in [1.165, 1.54) is 12.1 Å². The zero-order valence-corrected chi connectivity index (χ0v) is 16.9. The number of methoxy groups -OCH3 is 1. The van der Waals surface area contributed by atoms with Crippen molar-refractivity contribution in [3.05, 3.63) is 65.9 Å². The van der Waals surface area contributed by atoms with E-state index in [0.717, 1.165) is 16.9 Å². The van der Waals surface area contributed by atoms with Gasteiger partial charge in [0.25, 0.3) is 0 Å². The first-order valence-electron chi connectivity index (χ1n) is 8.92. The first-order valence-corrected chi connectivity index (χ1v) is 10.6. The third-order valence-electron chi connectivity index (χ3n) is 4.28. The van der Waals surface area contributed by atoms with E-state index >= 15 is 0 Å². The van der Waals surface area contributed by atoms with Crippen LogP contribution in [0.3, 0.4) is 0 Å². The van der Waals surface area contributed by atoms with Crippen molar-refractivity contribution in [3.8, 4) is 17.0 Å². The molecule has 0 saturated heterocycles. The molecule has 0 aliphatic rings. The van der Waals surface area contributed by atoms with Gasteiger partial charge in [-0.15, -0.1) is 0 Å². The van der Waals surface area contributed by atoms with Crippen LogP contribution in [-0.4, -0.2) is 32.4 Å². The van der Waals surface area contributed by atoms with Crippen LogP contribution in [0.4, 0.5) is 0 Å². The Morgan fingerprint density at radius 1 is 1.07 bits per heavy atom. The number of carbonyl (C=O) groups is 1. The fraction of sp³-hybridized carbons (Fsp3) is 0.238. The Morgan fingerprint density at radius 2 is 1.76 bits per heavy atom. The monoisotopic (exact) mass is 415 g/mol. The van der Waals surface area contributed by atoms with Gasteiger partial charge in [-0.3, -0.25) is 4.79 Å². The smallest absolute Gasteiger partial charge is 0.307 e. The Labute approximate surface area is 169 Å². The van der Waals surface area contributed by atoms with E-state index in [-0.39, 0.29) is 23.7 Å². The van der Waals surface area contributed by atoms with Crippen LogP contribution in [0.2, 0.25) is 0 Å². The lowest BCUT2D eigenvalue weighted by Gasteiger charge is -2.05. The third-order valence-corrected chi connectivity index (χ3v) is 6.01. The zero-order chi connectivity index (χ0) is 20.9. The Bertz CT molecular complexity index is 1070. The maximum Gasteiger partial charge on any atom is 0.307 e. The quantitative estimate of drug-likeness (QED) is 0.519. The molecule has 2 aromatic carbocycles. The van der Waals surface area contributed by atoms with Gasteiger partial charge >= 0.3 is 5.97 Å². The molecule has 0 amide bonds. The van der Waals surface area contributed by atoms with Gasteiger partial charge in [0.2, 0.25) is 0 Å². The Hall–Kier alpha value is -3.13. The molecule has 8 heteroatoms. The van der Waals surface area contributed by atoms with Crippen LogP contribution in [-0.2, 0) is 26.0 Å². The average Bonchev–Trinajstić information content (AvgIpc) is 3.20. The van der Waals surface area contributed by atoms with Gasteiger partial charge in [0.05, 0.1) is 24.2 Å². The summed E-state index contributed by atoms with van der Waals surface area (Å²) < 4.78 is 40.0. The van der Waals surface area contributed by atoms with Crippen LogP contribution in [0.25, 0.3) is 11.3 Å². The van der Waals surface area contributed by atoms with Gasteiger partial charge < -0.3 is 14.0 Å². The van der Waals surface area contributed by atoms with Crippen molar-refractivity contribution in [1.82, 2.24) is 5.16 Å². The number of benzene rings is 2. The van der Waals surface area contributed by atoms with E-state index in [1.807, 2.05) is 19.1 Å². The standard InChI is InChI=1S/C21H21NO6S/c1-15-3-9-19(10-4-15)29(24,25)12-11-21(23)27-14-18-13-20(22-28-18)16-5-7-17(26-2)8-6-16/h3-10,13H,11-12,14H2,1-2H3. The van der Waals surface area contributed by atoms with Gasteiger partial charge in [0.15, 0.2) is 22.2 Å². The Morgan fingerprint density at radius 3 is 2.41 bits per heavy atom. The second-order valence-electron chi connectivity index (χ2n) is 6.45. The summed E-state index contributed by atoms with van der Waals surface area (Å²) in [6.45, 7) is 1.75. The van der Waals surface area contributed by atoms with Gasteiger partial charge in [-0.05, 0) is 43.3 Å². The predicted octanol–water partition coefficient (Wildman–Crippen LogP) is 3.57. The number of esters is 1. The van der Waals surface area contributed by atoms with Crippen LogP contribution in [0, 0.1) is 6.92 Å². The number of carbonyl (C=O) groups excluding carboxylic acids is 1. The predicted molar refractivity (Wildman–Crippen MR) is 106 cm³/mol. The fourth-order valence-corrected chi connectivity index (χ4v) is 3.81. The molecule has 0 N–H and O–H groups in total. The number of aromatic nitrogens is 1. The van der Waals surface area contributed by atoms with Crippen molar-refractivity contribution >= 4 is 15.8 Å². The molecule has 0 unspecified atom stereocenters. The molecule has 1 heterocycles. The molecular formula is C21H21NO6S. The van der Waals surface area contributed by atoms with Gasteiger partial charge in [0.1, 0.15) is 11.4 Å². The number of hydrogen-bond acceptors (Lipinski definition) is 7. The minimum Gasteiger partial charge on any atom is -0.497 e. The second kappa shape index (κ2) is 8.91. The fourth-order valence-electron chi connectivity index (χ4n) is 2.58. The highest BCUT2D eigenvalue weighted by Gasteiger charge is 2.17. The van der Waals surface area contributed by atoms with Gasteiger partial charge in [-0.2, -0.15) is 0 Å². The van der Waals surface area contributed by atoms with Crippen LogP contribution in [0.15, 0.2) is 64.0 Å². The molecule has 3 aromatic rings. The SMILES string of the molecule is COc1ccc(-c2cc(COC(=O)CCS(=O)(=O)c3ccc(C)cc3)on2)cc1. The molecule has 0 bridgehead atoms. The highest BCUT2D eigenvalue weighted by atomic mass is 32.2. The van der Waals surface area contributed by atoms with E-state index in [1.54, 1.807) is 37.4 Å². The summed E-state index contributed by atoms with van der Waals surface area (Å²) in [5, 5.41) is 3.95. The summed E-state index contributed by atoms with van der Waals surface area (Å²) in [7, 11) is -1.95. The summed E-state index contributed by atoms with van der Waals surface area (Å²) in [4.78, 5) is 12.1. The summed E-state index contributed by atoms with van der Waals surface area (Å²) in [6, 6.07) is 15.4. The van der Waals surface area contributed by atoms with Gasteiger partial charge in [0, 0.05) is 11.6 Å². The number of sulfone groups is 1. The Balaban J connectivity index is 1.52. The lowest BCUT2D eigenvalue weighted by Crippen LogP contribution is -2.13. The molecule has 152 valence electrons. The summed E-state index contributed by atoms with van der Waals surface area (Å²) in [5.41, 5.74) is 2.39. The normalized spacial score (nSPS) is 11.2. The lowest BCUT2D eigenvalue weighted by atomic mass is 10.1. The maximum absolute atomic E-state index is 12.3. The van der Waals surface area contributed by atoms with Crippen molar-refractivity contribution in [1.29, 1.82) is 0 Å². The first-order chi connectivity index (χ1) is 13.9.